The number of aryl methyl sites for hydroxylation is 1. The van der Waals surface area contributed by atoms with Crippen molar-refractivity contribution in [1.29, 1.82) is 0 Å². The fourth-order valence-electron chi connectivity index (χ4n) is 2.03. The van der Waals surface area contributed by atoms with E-state index in [1.807, 2.05) is 10.8 Å². The van der Waals surface area contributed by atoms with E-state index in [0.717, 1.165) is 23.4 Å². The molecule has 1 rings (SSSR count). The van der Waals surface area contributed by atoms with Crippen LogP contribution in [0.2, 0.25) is 0 Å². The molecule has 0 saturated heterocycles. The van der Waals surface area contributed by atoms with Crippen LogP contribution in [0.4, 0.5) is 0 Å². The van der Waals surface area contributed by atoms with Gasteiger partial charge < -0.3 is 9.67 Å². The van der Waals surface area contributed by atoms with Crippen molar-refractivity contribution >= 4 is 21.9 Å². The average Bonchev–Trinajstić information content (AvgIpc) is 2.64. The molecule has 0 fully saturated rings. The molecule has 4 heteroatoms. The molecule has 102 valence electrons. The number of hydrogen-bond acceptors (Lipinski definition) is 1. The molecule has 0 unspecified atom stereocenters. The largest absolute Gasteiger partial charge is 0.477 e. The molecule has 0 amide bonds. The molecule has 0 spiro atoms. The number of halogens is 1. The molecule has 1 heterocycles. The second-order valence-corrected chi connectivity index (χ2v) is 6.05. The highest BCUT2D eigenvalue weighted by Gasteiger charge is 2.10. The number of rotatable bonds is 8. The molecule has 1 aromatic heterocycles. The molecule has 18 heavy (non-hydrogen) atoms. The van der Waals surface area contributed by atoms with Crippen LogP contribution in [0.25, 0.3) is 0 Å². The Kier molecular flexibility index (Phi) is 6.47. The monoisotopic (exact) mass is 315 g/mol. The van der Waals surface area contributed by atoms with E-state index in [4.69, 9.17) is 5.11 Å². The Bertz CT molecular complexity index is 385. The van der Waals surface area contributed by atoms with Gasteiger partial charge in [-0.3, -0.25) is 0 Å². The average molecular weight is 316 g/mol. The molecule has 3 nitrogen and oxygen atoms in total. The summed E-state index contributed by atoms with van der Waals surface area (Å²) in [6, 6.07) is 1.65. The van der Waals surface area contributed by atoms with Gasteiger partial charge in [0.25, 0.3) is 0 Å². The van der Waals surface area contributed by atoms with Gasteiger partial charge >= 0.3 is 5.97 Å². The third kappa shape index (κ3) is 5.25. The van der Waals surface area contributed by atoms with Gasteiger partial charge in [0.15, 0.2) is 0 Å². The lowest BCUT2D eigenvalue weighted by Gasteiger charge is -2.07. The van der Waals surface area contributed by atoms with Gasteiger partial charge in [-0.2, -0.15) is 0 Å². The standard InChI is InChI=1S/C14H22BrNO2/c1-11(2)7-5-3-4-6-8-16-10-12(15)9-13(16)14(17)18/h9-11H,3-8H2,1-2H3,(H,17,18). The van der Waals surface area contributed by atoms with Crippen molar-refractivity contribution in [2.75, 3.05) is 0 Å². The molecule has 0 aromatic carbocycles. The first kappa shape index (κ1) is 15.3. The lowest BCUT2D eigenvalue weighted by molar-refractivity contribution is 0.0685. The molecular weight excluding hydrogens is 294 g/mol. The van der Waals surface area contributed by atoms with Crippen molar-refractivity contribution in [3.63, 3.8) is 0 Å². The molecule has 1 N–H and O–H groups in total. The highest BCUT2D eigenvalue weighted by molar-refractivity contribution is 9.10. The number of carboxylic acids is 1. The highest BCUT2D eigenvalue weighted by atomic mass is 79.9. The summed E-state index contributed by atoms with van der Waals surface area (Å²) in [6.07, 6.45) is 7.86. The van der Waals surface area contributed by atoms with E-state index in [9.17, 15) is 4.79 Å². The minimum atomic E-state index is -0.861. The maximum Gasteiger partial charge on any atom is 0.352 e. The predicted octanol–water partition coefficient (Wildman–Crippen LogP) is 4.56. The highest BCUT2D eigenvalue weighted by Crippen LogP contribution is 2.16. The third-order valence-corrected chi connectivity index (χ3v) is 3.45. The van der Waals surface area contributed by atoms with Crippen molar-refractivity contribution in [3.05, 3.63) is 22.4 Å². The Balaban J connectivity index is 2.29. The van der Waals surface area contributed by atoms with Crippen molar-refractivity contribution < 1.29 is 9.90 Å². The van der Waals surface area contributed by atoms with Gasteiger partial charge in [-0.1, -0.05) is 39.5 Å². The molecule has 0 aliphatic rings. The van der Waals surface area contributed by atoms with Crippen LogP contribution in [0.3, 0.4) is 0 Å². The van der Waals surface area contributed by atoms with E-state index in [1.54, 1.807) is 6.07 Å². The van der Waals surface area contributed by atoms with Crippen LogP contribution < -0.4 is 0 Å². The van der Waals surface area contributed by atoms with E-state index < -0.39 is 5.97 Å². The Morgan fingerprint density at radius 1 is 1.33 bits per heavy atom. The van der Waals surface area contributed by atoms with Gasteiger partial charge in [0.05, 0.1) is 0 Å². The molecule has 0 saturated carbocycles. The molecule has 0 aliphatic carbocycles. The lowest BCUT2D eigenvalue weighted by Crippen LogP contribution is -2.07. The predicted molar refractivity (Wildman–Crippen MR) is 77.0 cm³/mol. The van der Waals surface area contributed by atoms with E-state index in [-0.39, 0.29) is 0 Å². The van der Waals surface area contributed by atoms with Crippen LogP contribution in [0.1, 0.15) is 56.4 Å². The minimum absolute atomic E-state index is 0.365. The summed E-state index contributed by atoms with van der Waals surface area (Å²) in [6.45, 7) is 5.28. The zero-order valence-electron chi connectivity index (χ0n) is 11.2. The number of nitrogens with zero attached hydrogens (tertiary/aromatic N) is 1. The molecule has 0 bridgehead atoms. The van der Waals surface area contributed by atoms with Crippen LogP contribution in [-0.2, 0) is 6.54 Å². The summed E-state index contributed by atoms with van der Waals surface area (Å²) in [4.78, 5) is 11.0. The fraction of sp³-hybridized carbons (Fsp3) is 0.643. The van der Waals surface area contributed by atoms with Crippen LogP contribution in [0.15, 0.2) is 16.7 Å². The van der Waals surface area contributed by atoms with Crippen molar-refractivity contribution in [2.45, 2.75) is 52.5 Å². The van der Waals surface area contributed by atoms with Gasteiger partial charge in [0.2, 0.25) is 0 Å². The maximum atomic E-state index is 11.0. The summed E-state index contributed by atoms with van der Waals surface area (Å²) in [5.74, 6) is -0.0791. The van der Waals surface area contributed by atoms with Gasteiger partial charge in [-0.15, -0.1) is 0 Å². The van der Waals surface area contributed by atoms with Crippen molar-refractivity contribution in [1.82, 2.24) is 4.57 Å². The Morgan fingerprint density at radius 3 is 2.61 bits per heavy atom. The van der Waals surface area contributed by atoms with E-state index >= 15 is 0 Å². The zero-order valence-corrected chi connectivity index (χ0v) is 12.7. The van der Waals surface area contributed by atoms with Gasteiger partial charge in [0.1, 0.15) is 5.69 Å². The summed E-state index contributed by atoms with van der Waals surface area (Å²) < 4.78 is 2.65. The Morgan fingerprint density at radius 2 is 2.00 bits per heavy atom. The van der Waals surface area contributed by atoms with Gasteiger partial charge in [-0.25, -0.2) is 4.79 Å². The van der Waals surface area contributed by atoms with Gasteiger partial charge in [-0.05, 0) is 34.3 Å². The van der Waals surface area contributed by atoms with Crippen LogP contribution >= 0.6 is 15.9 Å². The number of carboxylic acid groups (broad SMARTS) is 1. The van der Waals surface area contributed by atoms with E-state index in [2.05, 4.69) is 29.8 Å². The van der Waals surface area contributed by atoms with Crippen molar-refractivity contribution in [3.8, 4) is 0 Å². The first-order valence-electron chi connectivity index (χ1n) is 6.59. The van der Waals surface area contributed by atoms with Crippen LogP contribution in [0.5, 0.6) is 0 Å². The smallest absolute Gasteiger partial charge is 0.352 e. The van der Waals surface area contributed by atoms with Gasteiger partial charge in [0, 0.05) is 17.2 Å². The second kappa shape index (κ2) is 7.62. The third-order valence-electron chi connectivity index (χ3n) is 3.01. The SMILES string of the molecule is CC(C)CCCCCCn1cc(Br)cc1C(=O)O. The molecule has 0 radical (unpaired) electrons. The Hall–Kier alpha value is -0.770. The first-order chi connectivity index (χ1) is 8.50. The number of carbonyl (C=O) groups is 1. The second-order valence-electron chi connectivity index (χ2n) is 5.14. The molecular formula is C14H22BrNO2. The first-order valence-corrected chi connectivity index (χ1v) is 7.39. The zero-order chi connectivity index (χ0) is 13.5. The topological polar surface area (TPSA) is 42.2 Å². The van der Waals surface area contributed by atoms with Crippen LogP contribution in [0, 0.1) is 5.92 Å². The fourth-order valence-corrected chi connectivity index (χ4v) is 2.49. The summed E-state index contributed by atoms with van der Waals surface area (Å²) >= 11 is 3.32. The number of hydrogen-bond donors (Lipinski definition) is 1. The molecule has 0 atom stereocenters. The summed E-state index contributed by atoms with van der Waals surface area (Å²) in [7, 11) is 0. The number of aromatic carboxylic acids is 1. The minimum Gasteiger partial charge on any atom is -0.477 e. The normalized spacial score (nSPS) is 11.1. The van der Waals surface area contributed by atoms with Crippen molar-refractivity contribution in [2.24, 2.45) is 5.92 Å². The maximum absolute atomic E-state index is 11.0. The van der Waals surface area contributed by atoms with E-state index in [0.29, 0.717) is 5.69 Å². The molecule has 1 aromatic rings. The Labute approximate surface area is 117 Å². The number of unbranched alkanes of at least 4 members (excludes halogenated alkanes) is 3. The quantitative estimate of drug-likeness (QED) is 0.715. The summed E-state index contributed by atoms with van der Waals surface area (Å²) in [5.41, 5.74) is 0.365. The molecule has 0 aliphatic heterocycles. The van der Waals surface area contributed by atoms with E-state index in [1.165, 1.54) is 25.7 Å². The summed E-state index contributed by atoms with van der Waals surface area (Å²) in [5, 5.41) is 9.04. The van der Waals surface area contributed by atoms with Crippen LogP contribution in [-0.4, -0.2) is 15.6 Å². The number of aromatic nitrogens is 1. The lowest BCUT2D eigenvalue weighted by atomic mass is 10.0.